The number of allylic oxidation sites excluding steroid dienone is 1. The van der Waals surface area contributed by atoms with Crippen LogP contribution in [0.3, 0.4) is 0 Å². The Morgan fingerprint density at radius 3 is 2.78 bits per heavy atom. The molecule has 0 radical (unpaired) electrons. The second kappa shape index (κ2) is 5.36. The predicted octanol–water partition coefficient (Wildman–Crippen LogP) is 3.19. The fraction of sp³-hybridized carbons (Fsp3) is 0.400. The molecule has 3 nitrogen and oxygen atoms in total. The van der Waals surface area contributed by atoms with Crippen molar-refractivity contribution in [2.75, 3.05) is 6.54 Å². The number of nitrogens with one attached hydrogen (secondary N) is 1. The number of para-hydroxylation sites is 2. The van der Waals surface area contributed by atoms with Crippen LogP contribution in [0.4, 0.5) is 0 Å². The molecule has 1 aromatic heterocycles. The summed E-state index contributed by atoms with van der Waals surface area (Å²) in [7, 11) is 2.07. The van der Waals surface area contributed by atoms with Gasteiger partial charge in [0.15, 0.2) is 0 Å². The highest BCUT2D eigenvalue weighted by molar-refractivity contribution is 5.75. The standard InChI is InChI=1S/C15H21N3/c1-11(2)9-10-16-12(3)15-17-13-7-5-6-8-14(13)18(15)4/h5-9,12,16H,10H2,1-4H3. The van der Waals surface area contributed by atoms with Crippen LogP contribution in [0.5, 0.6) is 0 Å². The Labute approximate surface area is 109 Å². The lowest BCUT2D eigenvalue weighted by Crippen LogP contribution is -2.21. The Hall–Kier alpha value is -1.61. The first-order valence-corrected chi connectivity index (χ1v) is 6.37. The van der Waals surface area contributed by atoms with E-state index in [1.54, 1.807) is 0 Å². The number of hydrogen-bond acceptors (Lipinski definition) is 2. The highest BCUT2D eigenvalue weighted by Gasteiger charge is 2.12. The van der Waals surface area contributed by atoms with E-state index in [0.717, 1.165) is 17.9 Å². The van der Waals surface area contributed by atoms with Crippen LogP contribution in [0.15, 0.2) is 35.9 Å². The predicted molar refractivity (Wildman–Crippen MR) is 76.6 cm³/mol. The number of fused-ring (bicyclic) bond motifs is 1. The SMILES string of the molecule is CC(C)=CCNC(C)c1nc2ccccc2n1C. The van der Waals surface area contributed by atoms with Crippen LogP contribution in [0.1, 0.15) is 32.6 Å². The van der Waals surface area contributed by atoms with Gasteiger partial charge in [0, 0.05) is 13.6 Å². The summed E-state index contributed by atoms with van der Waals surface area (Å²) in [6.45, 7) is 7.26. The fourth-order valence-electron chi connectivity index (χ4n) is 2.08. The third-order valence-electron chi connectivity index (χ3n) is 3.14. The van der Waals surface area contributed by atoms with Crippen LogP contribution in [-0.2, 0) is 7.05 Å². The van der Waals surface area contributed by atoms with E-state index in [0.29, 0.717) is 0 Å². The smallest absolute Gasteiger partial charge is 0.126 e. The van der Waals surface area contributed by atoms with Crippen LogP contribution in [0, 0.1) is 0 Å². The largest absolute Gasteiger partial charge is 0.330 e. The number of imidazole rings is 1. The van der Waals surface area contributed by atoms with Gasteiger partial charge in [-0.05, 0) is 32.9 Å². The highest BCUT2D eigenvalue weighted by atomic mass is 15.1. The summed E-state index contributed by atoms with van der Waals surface area (Å²) in [4.78, 5) is 4.69. The minimum absolute atomic E-state index is 0.248. The zero-order chi connectivity index (χ0) is 13.1. The molecule has 2 aromatic rings. The topological polar surface area (TPSA) is 29.9 Å². The highest BCUT2D eigenvalue weighted by Crippen LogP contribution is 2.18. The van der Waals surface area contributed by atoms with Gasteiger partial charge < -0.3 is 9.88 Å². The van der Waals surface area contributed by atoms with Crippen molar-refractivity contribution >= 4 is 11.0 Å². The van der Waals surface area contributed by atoms with Gasteiger partial charge in [-0.3, -0.25) is 0 Å². The molecule has 0 aliphatic rings. The third-order valence-corrected chi connectivity index (χ3v) is 3.14. The molecule has 1 unspecified atom stereocenters. The summed E-state index contributed by atoms with van der Waals surface area (Å²) in [5.74, 6) is 1.08. The molecule has 0 aliphatic heterocycles. The van der Waals surface area contributed by atoms with Crippen molar-refractivity contribution in [3.63, 3.8) is 0 Å². The second-order valence-corrected chi connectivity index (χ2v) is 4.93. The summed E-state index contributed by atoms with van der Waals surface area (Å²) in [5.41, 5.74) is 3.58. The Bertz CT molecular complexity index is 562. The van der Waals surface area contributed by atoms with E-state index in [-0.39, 0.29) is 6.04 Å². The van der Waals surface area contributed by atoms with Crippen molar-refractivity contribution in [3.8, 4) is 0 Å². The van der Waals surface area contributed by atoms with Crippen molar-refractivity contribution in [3.05, 3.63) is 41.7 Å². The quantitative estimate of drug-likeness (QED) is 0.836. The first-order chi connectivity index (χ1) is 8.59. The number of benzene rings is 1. The van der Waals surface area contributed by atoms with Crippen LogP contribution >= 0.6 is 0 Å². The molecule has 2 rings (SSSR count). The molecular formula is C15H21N3. The van der Waals surface area contributed by atoms with Crippen LogP contribution < -0.4 is 5.32 Å². The van der Waals surface area contributed by atoms with Crippen molar-refractivity contribution in [1.82, 2.24) is 14.9 Å². The Kier molecular flexibility index (Phi) is 3.82. The molecule has 3 heteroatoms. The lowest BCUT2D eigenvalue weighted by molar-refractivity contribution is 0.564. The maximum atomic E-state index is 4.69. The monoisotopic (exact) mass is 243 g/mol. The fourth-order valence-corrected chi connectivity index (χ4v) is 2.08. The molecule has 18 heavy (non-hydrogen) atoms. The van der Waals surface area contributed by atoms with Gasteiger partial charge in [-0.15, -0.1) is 0 Å². The number of nitrogens with zero attached hydrogens (tertiary/aromatic N) is 2. The molecule has 0 saturated carbocycles. The molecule has 1 aromatic carbocycles. The number of rotatable bonds is 4. The Morgan fingerprint density at radius 2 is 2.11 bits per heavy atom. The van der Waals surface area contributed by atoms with Crippen molar-refractivity contribution in [2.24, 2.45) is 7.05 Å². The normalized spacial score (nSPS) is 12.7. The molecular weight excluding hydrogens is 222 g/mol. The third kappa shape index (κ3) is 2.62. The van der Waals surface area contributed by atoms with Gasteiger partial charge in [0.1, 0.15) is 5.82 Å². The van der Waals surface area contributed by atoms with Gasteiger partial charge >= 0.3 is 0 Å². The molecule has 0 spiro atoms. The summed E-state index contributed by atoms with van der Waals surface area (Å²) in [5, 5.41) is 3.47. The van der Waals surface area contributed by atoms with Crippen LogP contribution in [-0.4, -0.2) is 16.1 Å². The molecule has 1 heterocycles. The van der Waals surface area contributed by atoms with Gasteiger partial charge in [0.05, 0.1) is 17.1 Å². The van der Waals surface area contributed by atoms with E-state index in [1.807, 2.05) is 6.07 Å². The second-order valence-electron chi connectivity index (χ2n) is 4.93. The van der Waals surface area contributed by atoms with E-state index in [1.165, 1.54) is 11.1 Å². The average molecular weight is 243 g/mol. The molecule has 1 N–H and O–H groups in total. The van der Waals surface area contributed by atoms with Crippen molar-refractivity contribution in [2.45, 2.75) is 26.8 Å². The first-order valence-electron chi connectivity index (χ1n) is 6.37. The average Bonchev–Trinajstić information content (AvgIpc) is 2.67. The van der Waals surface area contributed by atoms with Gasteiger partial charge in [-0.2, -0.15) is 0 Å². The lowest BCUT2D eigenvalue weighted by Gasteiger charge is -2.12. The maximum Gasteiger partial charge on any atom is 0.126 e. The summed E-state index contributed by atoms with van der Waals surface area (Å²) < 4.78 is 2.16. The number of aromatic nitrogens is 2. The first kappa shape index (κ1) is 12.8. The van der Waals surface area contributed by atoms with Gasteiger partial charge in [-0.25, -0.2) is 4.98 Å². The molecule has 0 fully saturated rings. The molecule has 0 amide bonds. The van der Waals surface area contributed by atoms with Crippen LogP contribution in [0.25, 0.3) is 11.0 Å². The molecule has 0 saturated heterocycles. The molecule has 0 bridgehead atoms. The molecule has 96 valence electrons. The van der Waals surface area contributed by atoms with E-state index < -0.39 is 0 Å². The minimum atomic E-state index is 0.248. The van der Waals surface area contributed by atoms with E-state index in [2.05, 4.69) is 67.0 Å². The van der Waals surface area contributed by atoms with Crippen molar-refractivity contribution < 1.29 is 0 Å². The van der Waals surface area contributed by atoms with Gasteiger partial charge in [0.25, 0.3) is 0 Å². The zero-order valence-electron chi connectivity index (χ0n) is 11.6. The Balaban J connectivity index is 2.20. The minimum Gasteiger partial charge on any atom is -0.330 e. The zero-order valence-corrected chi connectivity index (χ0v) is 11.6. The number of hydrogen-bond donors (Lipinski definition) is 1. The summed E-state index contributed by atoms with van der Waals surface area (Å²) in [6, 6.07) is 8.49. The van der Waals surface area contributed by atoms with Gasteiger partial charge in [-0.1, -0.05) is 23.8 Å². The van der Waals surface area contributed by atoms with E-state index >= 15 is 0 Å². The lowest BCUT2D eigenvalue weighted by atomic mass is 10.3. The summed E-state index contributed by atoms with van der Waals surface area (Å²) >= 11 is 0. The van der Waals surface area contributed by atoms with Crippen molar-refractivity contribution in [1.29, 1.82) is 0 Å². The van der Waals surface area contributed by atoms with E-state index in [4.69, 9.17) is 0 Å². The van der Waals surface area contributed by atoms with Gasteiger partial charge in [0.2, 0.25) is 0 Å². The maximum absolute atomic E-state index is 4.69. The Morgan fingerprint density at radius 1 is 1.39 bits per heavy atom. The summed E-state index contributed by atoms with van der Waals surface area (Å²) in [6.07, 6.45) is 2.19. The van der Waals surface area contributed by atoms with Crippen LogP contribution in [0.2, 0.25) is 0 Å². The molecule has 0 aliphatic carbocycles. The van der Waals surface area contributed by atoms with E-state index in [9.17, 15) is 0 Å². The number of aryl methyl sites for hydroxylation is 1. The molecule has 1 atom stereocenters.